The van der Waals surface area contributed by atoms with Crippen LogP contribution in [0, 0.1) is 0 Å². The molecule has 6 heteroatoms. The zero-order valence-electron chi connectivity index (χ0n) is 11.3. The van der Waals surface area contributed by atoms with Gasteiger partial charge in [-0.05, 0) is 20.5 Å². The van der Waals surface area contributed by atoms with Gasteiger partial charge in [0.25, 0.3) is 0 Å². The molecule has 0 spiro atoms. The molecule has 1 saturated heterocycles. The Labute approximate surface area is 108 Å². The zero-order valence-corrected chi connectivity index (χ0v) is 11.3. The molecule has 1 fully saturated rings. The Hall–Kier alpha value is -1.40. The number of aromatic nitrogens is 2. The normalized spacial score (nSPS) is 19.8. The van der Waals surface area contributed by atoms with E-state index in [1.165, 1.54) is 0 Å². The molecule has 1 unspecified atom stereocenters. The second-order valence-corrected chi connectivity index (χ2v) is 4.85. The lowest BCUT2D eigenvalue weighted by Gasteiger charge is -2.21. The van der Waals surface area contributed by atoms with Crippen LogP contribution >= 0.6 is 0 Å². The Bertz CT molecular complexity index is 409. The molecule has 1 aliphatic heterocycles. The smallest absolute Gasteiger partial charge is 0.158 e. The van der Waals surface area contributed by atoms with E-state index in [9.17, 15) is 0 Å². The minimum Gasteiger partial charge on any atom is -0.384 e. The third-order valence-corrected chi connectivity index (χ3v) is 3.27. The van der Waals surface area contributed by atoms with Crippen molar-refractivity contribution in [2.45, 2.75) is 19.1 Å². The zero-order chi connectivity index (χ0) is 13.1. The number of rotatable bonds is 4. The van der Waals surface area contributed by atoms with Crippen LogP contribution in [0.3, 0.4) is 0 Å². The third kappa shape index (κ3) is 2.88. The molecule has 2 rings (SSSR count). The number of methoxy groups -OCH3 is 1. The minimum atomic E-state index is 0.392. The Kier molecular flexibility index (Phi) is 3.98. The fraction of sp³-hybridized carbons (Fsp3) is 0.667. The highest BCUT2D eigenvalue weighted by Crippen LogP contribution is 2.21. The number of nitrogens with two attached hydrogens (primary N) is 1. The van der Waals surface area contributed by atoms with Crippen LogP contribution in [0.15, 0.2) is 6.07 Å². The van der Waals surface area contributed by atoms with Gasteiger partial charge in [-0.2, -0.15) is 0 Å². The maximum Gasteiger partial charge on any atom is 0.158 e. The van der Waals surface area contributed by atoms with E-state index in [-0.39, 0.29) is 0 Å². The number of nitrogen functional groups attached to an aromatic ring is 1. The molecule has 0 aromatic carbocycles. The molecule has 0 aliphatic carbocycles. The first kappa shape index (κ1) is 13.0. The number of ether oxygens (including phenoxy) is 1. The second kappa shape index (κ2) is 5.49. The van der Waals surface area contributed by atoms with E-state index in [2.05, 4.69) is 33.9 Å². The first-order valence-corrected chi connectivity index (χ1v) is 6.14. The first-order chi connectivity index (χ1) is 8.60. The summed E-state index contributed by atoms with van der Waals surface area (Å²) >= 11 is 0. The predicted molar refractivity (Wildman–Crippen MR) is 71.5 cm³/mol. The summed E-state index contributed by atoms with van der Waals surface area (Å²) in [5.41, 5.74) is 5.81. The first-order valence-electron chi connectivity index (χ1n) is 6.14. The lowest BCUT2D eigenvalue weighted by Crippen LogP contribution is -2.31. The van der Waals surface area contributed by atoms with Crippen LogP contribution in [0.5, 0.6) is 0 Å². The van der Waals surface area contributed by atoms with E-state index in [0.29, 0.717) is 24.3 Å². The van der Waals surface area contributed by atoms with Crippen molar-refractivity contribution in [2.24, 2.45) is 0 Å². The Morgan fingerprint density at radius 1 is 1.50 bits per heavy atom. The standard InChI is InChI=1S/C12H21N5O/c1-16(2)9-4-5-17(7-9)12-6-10(13)14-11(15-12)8-18-3/h6,9H,4-5,7-8H2,1-3H3,(H2,13,14,15). The van der Waals surface area contributed by atoms with Gasteiger partial charge in [0.15, 0.2) is 5.82 Å². The van der Waals surface area contributed by atoms with Crippen molar-refractivity contribution in [1.29, 1.82) is 0 Å². The van der Waals surface area contributed by atoms with Gasteiger partial charge >= 0.3 is 0 Å². The summed E-state index contributed by atoms with van der Waals surface area (Å²) < 4.78 is 5.05. The highest BCUT2D eigenvalue weighted by atomic mass is 16.5. The average Bonchev–Trinajstić information content (AvgIpc) is 2.78. The quantitative estimate of drug-likeness (QED) is 0.832. The van der Waals surface area contributed by atoms with Crippen LogP contribution in [-0.4, -0.2) is 55.2 Å². The molecular weight excluding hydrogens is 230 g/mol. The summed E-state index contributed by atoms with van der Waals surface area (Å²) in [4.78, 5) is 13.1. The lowest BCUT2D eigenvalue weighted by atomic mass is 10.2. The van der Waals surface area contributed by atoms with Gasteiger partial charge in [-0.1, -0.05) is 0 Å². The van der Waals surface area contributed by atoms with Crippen LogP contribution in [0.1, 0.15) is 12.2 Å². The van der Waals surface area contributed by atoms with Crippen LogP contribution in [-0.2, 0) is 11.3 Å². The molecule has 1 aromatic rings. The summed E-state index contributed by atoms with van der Waals surface area (Å²) in [5.74, 6) is 2.04. The fourth-order valence-corrected chi connectivity index (χ4v) is 2.23. The van der Waals surface area contributed by atoms with E-state index in [1.54, 1.807) is 7.11 Å². The summed E-state index contributed by atoms with van der Waals surface area (Å²) in [7, 11) is 5.85. The van der Waals surface area contributed by atoms with Gasteiger partial charge in [-0.25, -0.2) is 9.97 Å². The highest BCUT2D eigenvalue weighted by molar-refractivity contribution is 5.48. The van der Waals surface area contributed by atoms with E-state index in [0.717, 1.165) is 25.3 Å². The van der Waals surface area contributed by atoms with Crippen LogP contribution < -0.4 is 10.6 Å². The molecule has 6 nitrogen and oxygen atoms in total. The van der Waals surface area contributed by atoms with Crippen molar-refractivity contribution in [1.82, 2.24) is 14.9 Å². The van der Waals surface area contributed by atoms with Gasteiger partial charge in [-0.15, -0.1) is 0 Å². The molecule has 1 aliphatic rings. The van der Waals surface area contributed by atoms with Crippen molar-refractivity contribution in [3.05, 3.63) is 11.9 Å². The van der Waals surface area contributed by atoms with Gasteiger partial charge < -0.3 is 20.3 Å². The van der Waals surface area contributed by atoms with Gasteiger partial charge in [-0.3, -0.25) is 0 Å². The van der Waals surface area contributed by atoms with Crippen LogP contribution in [0.4, 0.5) is 11.6 Å². The number of nitrogens with zero attached hydrogens (tertiary/aromatic N) is 4. The monoisotopic (exact) mass is 251 g/mol. The Morgan fingerprint density at radius 2 is 2.28 bits per heavy atom. The Morgan fingerprint density at radius 3 is 2.89 bits per heavy atom. The molecule has 0 radical (unpaired) electrons. The highest BCUT2D eigenvalue weighted by Gasteiger charge is 2.25. The number of likely N-dealkylation sites (N-methyl/N-ethyl adjacent to an activating group) is 1. The summed E-state index contributed by atoms with van der Waals surface area (Å²) in [6.45, 7) is 2.38. The summed E-state index contributed by atoms with van der Waals surface area (Å²) in [6, 6.07) is 2.41. The van der Waals surface area contributed by atoms with E-state index >= 15 is 0 Å². The maximum absolute atomic E-state index is 5.81. The third-order valence-electron chi connectivity index (χ3n) is 3.27. The van der Waals surface area contributed by atoms with Crippen molar-refractivity contribution in [3.63, 3.8) is 0 Å². The van der Waals surface area contributed by atoms with Gasteiger partial charge in [0.2, 0.25) is 0 Å². The van der Waals surface area contributed by atoms with Gasteiger partial charge in [0.05, 0.1) is 0 Å². The summed E-state index contributed by atoms with van der Waals surface area (Å²) in [6.07, 6.45) is 1.15. The molecule has 18 heavy (non-hydrogen) atoms. The van der Waals surface area contributed by atoms with E-state index in [1.807, 2.05) is 6.07 Å². The maximum atomic E-state index is 5.81. The molecular formula is C12H21N5O. The molecule has 0 saturated carbocycles. The van der Waals surface area contributed by atoms with E-state index < -0.39 is 0 Å². The molecule has 0 bridgehead atoms. The fourth-order valence-electron chi connectivity index (χ4n) is 2.23. The van der Waals surface area contributed by atoms with Crippen molar-refractivity contribution in [2.75, 3.05) is 44.9 Å². The molecule has 1 aromatic heterocycles. The van der Waals surface area contributed by atoms with Crippen molar-refractivity contribution < 1.29 is 4.74 Å². The van der Waals surface area contributed by atoms with Crippen LogP contribution in [0.2, 0.25) is 0 Å². The minimum absolute atomic E-state index is 0.392. The number of anilines is 2. The Balaban J connectivity index is 2.13. The lowest BCUT2D eigenvalue weighted by molar-refractivity contribution is 0.178. The second-order valence-electron chi connectivity index (χ2n) is 4.85. The van der Waals surface area contributed by atoms with E-state index in [4.69, 9.17) is 10.5 Å². The summed E-state index contributed by atoms with van der Waals surface area (Å²) in [5, 5.41) is 0. The van der Waals surface area contributed by atoms with Crippen molar-refractivity contribution in [3.8, 4) is 0 Å². The topological polar surface area (TPSA) is 67.5 Å². The molecule has 0 amide bonds. The number of hydrogen-bond donors (Lipinski definition) is 1. The van der Waals surface area contributed by atoms with Gasteiger partial charge in [0.1, 0.15) is 18.2 Å². The molecule has 2 N–H and O–H groups in total. The largest absolute Gasteiger partial charge is 0.384 e. The molecule has 100 valence electrons. The molecule has 1 atom stereocenters. The van der Waals surface area contributed by atoms with Crippen LogP contribution in [0.25, 0.3) is 0 Å². The number of hydrogen-bond acceptors (Lipinski definition) is 6. The van der Waals surface area contributed by atoms with Crippen molar-refractivity contribution >= 4 is 11.6 Å². The SMILES string of the molecule is COCc1nc(N)cc(N2CCC(N(C)C)C2)n1. The predicted octanol–water partition coefficient (Wildman–Crippen LogP) is 0.346. The average molecular weight is 251 g/mol. The van der Waals surface area contributed by atoms with Gasteiger partial charge in [0, 0.05) is 32.3 Å². The molecule has 2 heterocycles.